The number of hydrogen-bond donors (Lipinski definition) is 1. The lowest BCUT2D eigenvalue weighted by atomic mass is 9.90. The van der Waals surface area contributed by atoms with E-state index in [2.05, 4.69) is 30.3 Å². The molecule has 0 spiro atoms. The van der Waals surface area contributed by atoms with Gasteiger partial charge in [0.15, 0.2) is 0 Å². The Balaban J connectivity index is 1.81. The molecule has 1 aliphatic heterocycles. The van der Waals surface area contributed by atoms with Gasteiger partial charge in [-0.05, 0) is 30.7 Å². The van der Waals surface area contributed by atoms with Gasteiger partial charge in [0.2, 0.25) is 5.91 Å². The van der Waals surface area contributed by atoms with Gasteiger partial charge in [0.25, 0.3) is 0 Å². The summed E-state index contributed by atoms with van der Waals surface area (Å²) in [6, 6.07) is 10.6. The molecule has 2 rings (SSSR count). The lowest BCUT2D eigenvalue weighted by molar-refractivity contribution is -0.136. The molecule has 104 valence electrons. The maximum absolute atomic E-state index is 12.0. The first-order valence-electron chi connectivity index (χ1n) is 7.23. The second kappa shape index (κ2) is 6.71. The summed E-state index contributed by atoms with van der Waals surface area (Å²) < 4.78 is 0. The monoisotopic (exact) mass is 260 g/mol. The number of nitrogens with zero attached hydrogens (tertiary/aromatic N) is 1. The lowest BCUT2D eigenvalue weighted by Gasteiger charge is -2.33. The highest BCUT2D eigenvalue weighted by molar-refractivity contribution is 5.78. The Kier molecular flexibility index (Phi) is 4.97. The molecule has 0 aromatic heterocycles. The summed E-state index contributed by atoms with van der Waals surface area (Å²) in [6.45, 7) is 4.14. The van der Waals surface area contributed by atoms with Gasteiger partial charge in [0.05, 0.1) is 0 Å². The zero-order chi connectivity index (χ0) is 13.7. The molecular formula is C16H24N2O. The fourth-order valence-electron chi connectivity index (χ4n) is 2.72. The normalized spacial score (nSPS) is 18.3. The Morgan fingerprint density at radius 3 is 2.53 bits per heavy atom. The van der Waals surface area contributed by atoms with E-state index in [9.17, 15) is 4.79 Å². The van der Waals surface area contributed by atoms with Crippen molar-refractivity contribution in [1.82, 2.24) is 4.90 Å². The smallest absolute Gasteiger partial charge is 0.226 e. The molecule has 1 amide bonds. The summed E-state index contributed by atoms with van der Waals surface area (Å²) in [5, 5.41) is 0. The quantitative estimate of drug-likeness (QED) is 0.900. The summed E-state index contributed by atoms with van der Waals surface area (Å²) in [5.74, 6) is 0.894. The van der Waals surface area contributed by atoms with E-state index >= 15 is 0 Å². The van der Waals surface area contributed by atoms with Crippen LogP contribution < -0.4 is 5.73 Å². The van der Waals surface area contributed by atoms with Crippen LogP contribution in [0.2, 0.25) is 0 Å². The predicted molar refractivity (Wildman–Crippen MR) is 77.7 cm³/mol. The van der Waals surface area contributed by atoms with Crippen molar-refractivity contribution >= 4 is 5.91 Å². The van der Waals surface area contributed by atoms with Gasteiger partial charge in [-0.15, -0.1) is 0 Å². The van der Waals surface area contributed by atoms with Crippen LogP contribution in [0.4, 0.5) is 0 Å². The number of carbonyl (C=O) groups excluding carboxylic acids is 1. The van der Waals surface area contributed by atoms with Gasteiger partial charge in [-0.3, -0.25) is 4.79 Å². The number of likely N-dealkylation sites (tertiary alicyclic amines) is 1. The standard InChI is InChI=1S/C16H24N2O/c1-13(12-17)16(19)18-9-7-15(8-10-18)11-14-5-3-2-4-6-14/h2-6,13,15H,7-12,17H2,1H3. The molecule has 0 bridgehead atoms. The topological polar surface area (TPSA) is 46.3 Å². The van der Waals surface area contributed by atoms with E-state index in [1.54, 1.807) is 0 Å². The van der Waals surface area contributed by atoms with E-state index in [1.165, 1.54) is 5.56 Å². The van der Waals surface area contributed by atoms with Crippen LogP contribution in [0.3, 0.4) is 0 Å². The summed E-state index contributed by atoms with van der Waals surface area (Å²) in [6.07, 6.45) is 3.35. The number of carbonyl (C=O) groups is 1. The summed E-state index contributed by atoms with van der Waals surface area (Å²) in [7, 11) is 0. The highest BCUT2D eigenvalue weighted by Gasteiger charge is 2.25. The van der Waals surface area contributed by atoms with Crippen LogP contribution in [0, 0.1) is 11.8 Å². The zero-order valence-corrected chi connectivity index (χ0v) is 11.7. The van der Waals surface area contributed by atoms with E-state index in [0.29, 0.717) is 12.5 Å². The Bertz CT molecular complexity index is 396. The van der Waals surface area contributed by atoms with E-state index in [-0.39, 0.29) is 11.8 Å². The molecule has 0 aliphatic carbocycles. The molecule has 1 aromatic rings. The summed E-state index contributed by atoms with van der Waals surface area (Å²) in [4.78, 5) is 14.0. The molecule has 3 nitrogen and oxygen atoms in total. The van der Waals surface area contributed by atoms with Crippen LogP contribution in [0.5, 0.6) is 0 Å². The number of amides is 1. The van der Waals surface area contributed by atoms with Gasteiger partial charge in [0, 0.05) is 25.6 Å². The molecular weight excluding hydrogens is 236 g/mol. The Morgan fingerprint density at radius 1 is 1.32 bits per heavy atom. The van der Waals surface area contributed by atoms with E-state index < -0.39 is 0 Å². The molecule has 1 aromatic carbocycles. The van der Waals surface area contributed by atoms with E-state index in [1.807, 2.05) is 11.8 Å². The molecule has 1 heterocycles. The number of nitrogens with two attached hydrogens (primary N) is 1. The third kappa shape index (κ3) is 3.80. The highest BCUT2D eigenvalue weighted by Crippen LogP contribution is 2.22. The molecule has 1 unspecified atom stereocenters. The third-order valence-electron chi connectivity index (χ3n) is 4.07. The van der Waals surface area contributed by atoms with Crippen molar-refractivity contribution in [2.24, 2.45) is 17.6 Å². The Hall–Kier alpha value is -1.35. The minimum absolute atomic E-state index is 0.0364. The number of piperidine rings is 1. The van der Waals surface area contributed by atoms with E-state index in [0.717, 1.165) is 32.4 Å². The second-order valence-electron chi connectivity index (χ2n) is 5.60. The summed E-state index contributed by atoms with van der Waals surface area (Å²) >= 11 is 0. The fourth-order valence-corrected chi connectivity index (χ4v) is 2.72. The lowest BCUT2D eigenvalue weighted by Crippen LogP contribution is -2.43. The van der Waals surface area contributed by atoms with Crippen molar-refractivity contribution in [2.75, 3.05) is 19.6 Å². The predicted octanol–water partition coefficient (Wildman–Crippen LogP) is 2.06. The van der Waals surface area contributed by atoms with Crippen LogP contribution in [-0.4, -0.2) is 30.4 Å². The highest BCUT2D eigenvalue weighted by atomic mass is 16.2. The third-order valence-corrected chi connectivity index (χ3v) is 4.07. The van der Waals surface area contributed by atoms with Crippen LogP contribution in [0.25, 0.3) is 0 Å². The Labute approximate surface area is 115 Å². The van der Waals surface area contributed by atoms with Crippen LogP contribution >= 0.6 is 0 Å². The average molecular weight is 260 g/mol. The van der Waals surface area contributed by atoms with Gasteiger partial charge in [-0.1, -0.05) is 37.3 Å². The Morgan fingerprint density at radius 2 is 1.95 bits per heavy atom. The molecule has 3 heteroatoms. The van der Waals surface area contributed by atoms with Crippen molar-refractivity contribution < 1.29 is 4.79 Å². The van der Waals surface area contributed by atoms with Gasteiger partial charge < -0.3 is 10.6 Å². The minimum atomic E-state index is -0.0364. The second-order valence-corrected chi connectivity index (χ2v) is 5.60. The van der Waals surface area contributed by atoms with Crippen molar-refractivity contribution in [2.45, 2.75) is 26.2 Å². The number of benzene rings is 1. The zero-order valence-electron chi connectivity index (χ0n) is 11.7. The van der Waals surface area contributed by atoms with Crippen molar-refractivity contribution in [3.63, 3.8) is 0 Å². The van der Waals surface area contributed by atoms with Crippen molar-refractivity contribution in [3.05, 3.63) is 35.9 Å². The maximum Gasteiger partial charge on any atom is 0.226 e. The van der Waals surface area contributed by atoms with Crippen molar-refractivity contribution in [3.8, 4) is 0 Å². The molecule has 1 aliphatic rings. The van der Waals surface area contributed by atoms with Gasteiger partial charge in [-0.25, -0.2) is 0 Å². The first-order chi connectivity index (χ1) is 9.20. The summed E-state index contributed by atoms with van der Waals surface area (Å²) in [5.41, 5.74) is 6.97. The molecule has 1 atom stereocenters. The first-order valence-corrected chi connectivity index (χ1v) is 7.23. The number of rotatable bonds is 4. The van der Waals surface area contributed by atoms with E-state index in [4.69, 9.17) is 5.73 Å². The van der Waals surface area contributed by atoms with Gasteiger partial charge in [-0.2, -0.15) is 0 Å². The largest absolute Gasteiger partial charge is 0.342 e. The van der Waals surface area contributed by atoms with Gasteiger partial charge in [0.1, 0.15) is 0 Å². The molecule has 2 N–H and O–H groups in total. The molecule has 1 saturated heterocycles. The molecule has 0 saturated carbocycles. The average Bonchev–Trinajstić information content (AvgIpc) is 2.47. The van der Waals surface area contributed by atoms with Crippen molar-refractivity contribution in [1.29, 1.82) is 0 Å². The number of hydrogen-bond acceptors (Lipinski definition) is 2. The molecule has 0 radical (unpaired) electrons. The van der Waals surface area contributed by atoms with Crippen LogP contribution in [0.1, 0.15) is 25.3 Å². The van der Waals surface area contributed by atoms with Crippen LogP contribution in [0.15, 0.2) is 30.3 Å². The van der Waals surface area contributed by atoms with Gasteiger partial charge >= 0.3 is 0 Å². The minimum Gasteiger partial charge on any atom is -0.342 e. The SMILES string of the molecule is CC(CN)C(=O)N1CCC(Cc2ccccc2)CC1. The maximum atomic E-state index is 12.0. The first kappa shape index (κ1) is 14.1. The van der Waals surface area contributed by atoms with Crippen LogP contribution in [-0.2, 0) is 11.2 Å². The molecule has 19 heavy (non-hydrogen) atoms. The fraction of sp³-hybridized carbons (Fsp3) is 0.562. The molecule has 1 fully saturated rings.